The Kier molecular flexibility index (Phi) is 4.52. The van der Waals surface area contributed by atoms with Crippen molar-refractivity contribution in [3.8, 4) is 0 Å². The summed E-state index contributed by atoms with van der Waals surface area (Å²) in [4.78, 5) is 34.3. The van der Waals surface area contributed by atoms with Gasteiger partial charge >= 0.3 is 6.18 Å². The molecule has 2 amide bonds. The van der Waals surface area contributed by atoms with Crippen molar-refractivity contribution in [1.29, 1.82) is 0 Å². The van der Waals surface area contributed by atoms with E-state index < -0.39 is 28.9 Å². The first-order chi connectivity index (χ1) is 14.1. The second-order valence-corrected chi connectivity index (χ2v) is 7.35. The van der Waals surface area contributed by atoms with Crippen LogP contribution < -0.4 is 11.1 Å². The van der Waals surface area contributed by atoms with E-state index in [4.69, 9.17) is 5.73 Å². The van der Waals surface area contributed by atoms with Gasteiger partial charge in [-0.25, -0.2) is 4.99 Å². The van der Waals surface area contributed by atoms with Crippen molar-refractivity contribution in [3.63, 3.8) is 0 Å². The monoisotopic (exact) mass is 417 g/mol. The number of halogens is 3. The number of amides is 2. The van der Waals surface area contributed by atoms with Gasteiger partial charge in [0.15, 0.2) is 5.96 Å². The average Bonchev–Trinajstić information content (AvgIpc) is 3.03. The van der Waals surface area contributed by atoms with Crippen LogP contribution >= 0.6 is 0 Å². The maximum absolute atomic E-state index is 13.2. The first-order valence-electron chi connectivity index (χ1n) is 9.19. The number of pyridine rings is 1. The second kappa shape index (κ2) is 6.82. The summed E-state index contributed by atoms with van der Waals surface area (Å²) in [5.41, 5.74) is 5.23. The lowest BCUT2D eigenvalue weighted by molar-refractivity contribution is -0.138. The van der Waals surface area contributed by atoms with Crippen molar-refractivity contribution in [2.45, 2.75) is 31.0 Å². The zero-order valence-electron chi connectivity index (χ0n) is 16.0. The Bertz CT molecular complexity index is 1080. The van der Waals surface area contributed by atoms with Crippen molar-refractivity contribution in [3.05, 3.63) is 58.9 Å². The third-order valence-corrected chi connectivity index (χ3v) is 5.50. The molecule has 0 bridgehead atoms. The number of aryl methyl sites for hydroxylation is 1. The molecule has 10 heteroatoms. The summed E-state index contributed by atoms with van der Waals surface area (Å²) in [7, 11) is 1.55. The molecule has 3 N–H and O–H groups in total. The van der Waals surface area contributed by atoms with Crippen LogP contribution in [0.4, 0.5) is 18.9 Å². The van der Waals surface area contributed by atoms with Crippen molar-refractivity contribution in [2.24, 2.45) is 10.7 Å². The molecule has 1 aromatic heterocycles. The molecule has 4 rings (SSSR count). The summed E-state index contributed by atoms with van der Waals surface area (Å²) < 4.78 is 39.6. The predicted octanol–water partition coefficient (Wildman–Crippen LogP) is 2.67. The van der Waals surface area contributed by atoms with Crippen molar-refractivity contribution in [1.82, 2.24) is 9.88 Å². The average molecular weight is 417 g/mol. The van der Waals surface area contributed by atoms with Crippen LogP contribution in [0, 0.1) is 0 Å². The first kappa shape index (κ1) is 19.9. The Balaban J connectivity index is 1.67. The fourth-order valence-corrected chi connectivity index (χ4v) is 3.92. The highest BCUT2D eigenvalue weighted by Gasteiger charge is 2.44. The Morgan fingerprint density at radius 3 is 2.77 bits per heavy atom. The minimum atomic E-state index is -4.70. The molecular weight excluding hydrogens is 399 g/mol. The van der Waals surface area contributed by atoms with Crippen LogP contribution in [-0.4, -0.2) is 34.7 Å². The number of aliphatic imine (C=N–C) groups is 1. The molecule has 0 radical (unpaired) electrons. The van der Waals surface area contributed by atoms with Gasteiger partial charge in [-0.3, -0.25) is 19.5 Å². The number of aromatic nitrogens is 1. The summed E-state index contributed by atoms with van der Waals surface area (Å²) in [6, 6.07) is 6.96. The topological polar surface area (TPSA) is 101 Å². The van der Waals surface area contributed by atoms with Crippen LogP contribution in [0.2, 0.25) is 0 Å². The van der Waals surface area contributed by atoms with Gasteiger partial charge in [0.2, 0.25) is 5.91 Å². The minimum absolute atomic E-state index is 0.108. The fraction of sp³-hybridized carbons (Fsp3) is 0.300. The Hall–Kier alpha value is -3.43. The molecule has 2 heterocycles. The quantitative estimate of drug-likeness (QED) is 0.785. The smallest absolute Gasteiger partial charge is 0.369 e. The molecule has 156 valence electrons. The van der Waals surface area contributed by atoms with Gasteiger partial charge in [0.05, 0.1) is 17.5 Å². The van der Waals surface area contributed by atoms with E-state index in [0.29, 0.717) is 18.5 Å². The second-order valence-electron chi connectivity index (χ2n) is 7.35. The number of hydrogen-bond acceptors (Lipinski definition) is 5. The van der Waals surface area contributed by atoms with E-state index in [1.165, 1.54) is 4.90 Å². The molecule has 7 nitrogen and oxygen atoms in total. The van der Waals surface area contributed by atoms with Gasteiger partial charge in [-0.1, -0.05) is 6.07 Å². The van der Waals surface area contributed by atoms with Gasteiger partial charge in [-0.05, 0) is 48.2 Å². The highest BCUT2D eigenvalue weighted by atomic mass is 19.4. The first-order valence-corrected chi connectivity index (χ1v) is 9.19. The molecule has 0 fully saturated rings. The number of hydrogen-bond donors (Lipinski definition) is 2. The Labute approximate surface area is 169 Å². The van der Waals surface area contributed by atoms with Gasteiger partial charge in [-0.2, -0.15) is 13.2 Å². The number of nitrogens with one attached hydrogen (secondary N) is 1. The molecule has 2 aromatic rings. The molecule has 1 atom stereocenters. The van der Waals surface area contributed by atoms with Gasteiger partial charge in [0.25, 0.3) is 5.91 Å². The molecular formula is C20H18F3N5O2. The lowest BCUT2D eigenvalue weighted by Crippen LogP contribution is -2.47. The summed E-state index contributed by atoms with van der Waals surface area (Å²) in [6.07, 6.45) is -2.19. The minimum Gasteiger partial charge on any atom is -0.369 e. The number of alkyl halides is 3. The van der Waals surface area contributed by atoms with Crippen LogP contribution in [0.5, 0.6) is 0 Å². The third-order valence-electron chi connectivity index (χ3n) is 5.50. The number of nitrogens with two attached hydrogens (primary N) is 1. The van der Waals surface area contributed by atoms with Crippen LogP contribution in [0.1, 0.15) is 40.0 Å². The lowest BCUT2D eigenvalue weighted by atomic mass is 9.87. The number of guanidine groups is 1. The zero-order chi connectivity index (χ0) is 21.7. The summed E-state index contributed by atoms with van der Waals surface area (Å²) in [5, 5.41) is 2.48. The van der Waals surface area contributed by atoms with E-state index in [1.807, 2.05) is 0 Å². The van der Waals surface area contributed by atoms with E-state index in [0.717, 1.165) is 29.5 Å². The largest absolute Gasteiger partial charge is 0.418 e. The molecule has 1 aromatic carbocycles. The number of carbonyl (C=O) groups excluding carboxylic acids is 2. The van der Waals surface area contributed by atoms with E-state index in [2.05, 4.69) is 15.3 Å². The normalized spacial score (nSPS) is 20.9. The summed E-state index contributed by atoms with van der Waals surface area (Å²) >= 11 is 0. The highest BCUT2D eigenvalue weighted by Crippen LogP contribution is 2.45. The van der Waals surface area contributed by atoms with E-state index in [9.17, 15) is 22.8 Å². The summed E-state index contributed by atoms with van der Waals surface area (Å²) in [5.74, 6) is -1.04. The molecule has 2 aliphatic rings. The molecule has 0 saturated heterocycles. The summed E-state index contributed by atoms with van der Waals surface area (Å²) in [6.45, 7) is 0. The van der Waals surface area contributed by atoms with E-state index in [-0.39, 0.29) is 18.3 Å². The van der Waals surface area contributed by atoms with E-state index in [1.54, 1.807) is 25.2 Å². The van der Waals surface area contributed by atoms with Crippen LogP contribution in [0.25, 0.3) is 0 Å². The van der Waals surface area contributed by atoms with Gasteiger partial charge in [-0.15, -0.1) is 0 Å². The molecule has 1 aliphatic carbocycles. The molecule has 30 heavy (non-hydrogen) atoms. The number of rotatable bonds is 2. The number of benzene rings is 1. The number of anilines is 1. The Morgan fingerprint density at radius 1 is 1.30 bits per heavy atom. The maximum atomic E-state index is 13.2. The number of fused-ring (bicyclic) bond motifs is 2. The standard InChI is InChI=1S/C20H18F3N5O2/c1-28-15(29)10-19(27-18(28)24)7-6-11-4-5-12(9-14(11)19)26-17(30)16-13(20(21,22)23)3-2-8-25-16/h2-5,8-9H,6-7,10H2,1H3,(H2,24,27)(H,26,30)/t19-/m0/s1. The van der Waals surface area contributed by atoms with Gasteiger partial charge < -0.3 is 11.1 Å². The number of carbonyl (C=O) groups is 2. The fourth-order valence-electron chi connectivity index (χ4n) is 3.92. The van der Waals surface area contributed by atoms with Crippen LogP contribution in [0.3, 0.4) is 0 Å². The molecule has 1 aliphatic heterocycles. The highest BCUT2D eigenvalue weighted by molar-refractivity contribution is 6.04. The van der Waals surface area contributed by atoms with E-state index >= 15 is 0 Å². The van der Waals surface area contributed by atoms with Crippen molar-refractivity contribution >= 4 is 23.5 Å². The SMILES string of the molecule is CN1C(=O)C[C@]2(CCc3ccc(NC(=O)c4ncccc4C(F)(F)F)cc32)N=C1N. The maximum Gasteiger partial charge on any atom is 0.418 e. The predicted molar refractivity (Wildman–Crippen MR) is 103 cm³/mol. The molecule has 1 spiro atoms. The molecule has 0 unspecified atom stereocenters. The third kappa shape index (κ3) is 3.27. The van der Waals surface area contributed by atoms with Gasteiger partial charge in [0, 0.05) is 18.9 Å². The van der Waals surface area contributed by atoms with Crippen LogP contribution in [0.15, 0.2) is 41.5 Å². The Morgan fingerprint density at radius 2 is 2.07 bits per heavy atom. The van der Waals surface area contributed by atoms with Crippen LogP contribution in [-0.2, 0) is 22.9 Å². The van der Waals surface area contributed by atoms with Crippen molar-refractivity contribution < 1.29 is 22.8 Å². The lowest BCUT2D eigenvalue weighted by Gasteiger charge is -2.34. The molecule has 0 saturated carbocycles. The number of nitrogens with zero attached hydrogens (tertiary/aromatic N) is 3. The van der Waals surface area contributed by atoms with Crippen molar-refractivity contribution in [2.75, 3.05) is 12.4 Å². The zero-order valence-corrected chi connectivity index (χ0v) is 16.0. The van der Waals surface area contributed by atoms with Gasteiger partial charge in [0.1, 0.15) is 5.69 Å².